The van der Waals surface area contributed by atoms with Crippen molar-refractivity contribution in [1.29, 1.82) is 0 Å². The maximum Gasteiger partial charge on any atom is 0.405 e. The second-order valence-electron chi connectivity index (χ2n) is 14.6. The van der Waals surface area contributed by atoms with E-state index in [1.807, 2.05) is 26.0 Å². The van der Waals surface area contributed by atoms with Crippen molar-refractivity contribution in [3.05, 3.63) is 36.5 Å². The van der Waals surface area contributed by atoms with Gasteiger partial charge in [-0.25, -0.2) is 23.2 Å². The fraction of sp³-hybridized carbons (Fsp3) is 0.600. The molecule has 3 fully saturated rings. The Morgan fingerprint density at radius 1 is 1.18 bits per heavy atom. The first-order valence-corrected chi connectivity index (χ1v) is 19.0. The molecule has 2 aliphatic carbocycles. The molecule has 4 aliphatic rings. The summed E-state index contributed by atoms with van der Waals surface area (Å²) in [6.45, 7) is 5.44. The number of benzene rings is 1. The van der Waals surface area contributed by atoms with Crippen LogP contribution in [-0.4, -0.2) is 94.3 Å². The van der Waals surface area contributed by atoms with Crippen LogP contribution in [0.15, 0.2) is 36.5 Å². The number of aromatic nitrogens is 2. The topological polar surface area (TPSA) is 206 Å². The summed E-state index contributed by atoms with van der Waals surface area (Å²) in [5.41, 5.74) is -0.428. The third kappa shape index (κ3) is 7.46. The van der Waals surface area contributed by atoms with Crippen molar-refractivity contribution in [3.8, 4) is 11.6 Å². The van der Waals surface area contributed by atoms with Gasteiger partial charge in [0.1, 0.15) is 29.5 Å². The number of rotatable bonds is 8. The Balaban J connectivity index is 1.33. The smallest absolute Gasteiger partial charge is 0.405 e. The molecule has 0 bridgehead atoms. The Labute approximate surface area is 297 Å². The zero-order valence-electron chi connectivity index (χ0n) is 29.3. The van der Waals surface area contributed by atoms with Gasteiger partial charge < -0.3 is 30.1 Å². The van der Waals surface area contributed by atoms with Crippen molar-refractivity contribution in [2.45, 2.75) is 101 Å². The van der Waals surface area contributed by atoms with Gasteiger partial charge in [0.25, 0.3) is 5.91 Å². The molecule has 2 aliphatic heterocycles. The number of amides is 4. The summed E-state index contributed by atoms with van der Waals surface area (Å²) < 4.78 is 38.9. The second-order valence-corrected chi connectivity index (χ2v) is 16.8. The van der Waals surface area contributed by atoms with E-state index in [4.69, 9.17) is 9.47 Å². The molecule has 4 amide bonds. The molecule has 51 heavy (non-hydrogen) atoms. The van der Waals surface area contributed by atoms with Crippen LogP contribution in [0.3, 0.4) is 0 Å². The van der Waals surface area contributed by atoms with E-state index in [-0.39, 0.29) is 37.1 Å². The summed E-state index contributed by atoms with van der Waals surface area (Å²) in [5.74, 6) is -2.04. The van der Waals surface area contributed by atoms with Crippen LogP contribution < -0.4 is 24.8 Å². The molecule has 1 aromatic carbocycles. The number of ether oxygens (including phenoxy) is 2. The lowest BCUT2D eigenvalue weighted by molar-refractivity contribution is -0.142. The highest BCUT2D eigenvalue weighted by Gasteiger charge is 2.63. The molecule has 0 radical (unpaired) electrons. The molecule has 276 valence electrons. The lowest BCUT2D eigenvalue weighted by Gasteiger charge is -2.33. The van der Waals surface area contributed by atoms with E-state index in [2.05, 4.69) is 25.3 Å². The number of carbonyl (C=O) groups excluding carboxylic acids is 3. The van der Waals surface area contributed by atoms with Gasteiger partial charge in [0, 0.05) is 18.4 Å². The average molecular weight is 727 g/mol. The van der Waals surface area contributed by atoms with Gasteiger partial charge >= 0.3 is 6.09 Å². The molecule has 4 N–H and O–H groups in total. The van der Waals surface area contributed by atoms with Crippen LogP contribution in [0, 0.1) is 17.8 Å². The maximum absolute atomic E-state index is 14.4. The molecule has 7 atom stereocenters. The Hall–Kier alpha value is -4.47. The third-order valence-electron chi connectivity index (χ3n) is 10.9. The van der Waals surface area contributed by atoms with E-state index in [1.54, 1.807) is 25.1 Å². The van der Waals surface area contributed by atoms with Crippen LogP contribution in [0.2, 0.25) is 0 Å². The first-order chi connectivity index (χ1) is 24.2. The average Bonchev–Trinajstić information content (AvgIpc) is 3.97. The number of hydrogen-bond acceptors (Lipinski definition) is 10. The summed E-state index contributed by atoms with van der Waals surface area (Å²) in [6.07, 6.45) is 6.61. The van der Waals surface area contributed by atoms with Gasteiger partial charge in [-0.15, -0.1) is 0 Å². The number of carboxylic acid groups (broad SMARTS) is 1. The lowest BCUT2D eigenvalue weighted by Crippen LogP contribution is -2.59. The number of nitrogens with one attached hydrogen (secondary N) is 3. The van der Waals surface area contributed by atoms with Crippen molar-refractivity contribution in [3.63, 3.8) is 0 Å². The highest BCUT2D eigenvalue weighted by Crippen LogP contribution is 2.47. The van der Waals surface area contributed by atoms with E-state index < -0.39 is 68.2 Å². The number of hydrogen-bond donors (Lipinski definition) is 4. The van der Waals surface area contributed by atoms with Crippen LogP contribution >= 0.6 is 0 Å². The summed E-state index contributed by atoms with van der Waals surface area (Å²) in [6, 6.07) is 2.90. The van der Waals surface area contributed by atoms with Crippen molar-refractivity contribution in [2.24, 2.45) is 17.8 Å². The number of nitrogens with zero attached hydrogens (tertiary/aromatic N) is 3. The molecule has 0 spiro atoms. The summed E-state index contributed by atoms with van der Waals surface area (Å²) in [7, 11) is -2.46. The summed E-state index contributed by atoms with van der Waals surface area (Å²) in [4.78, 5) is 64.8. The molecule has 2 saturated carbocycles. The molecule has 0 unspecified atom stereocenters. The summed E-state index contributed by atoms with van der Waals surface area (Å²) in [5, 5.41) is 15.1. The van der Waals surface area contributed by atoms with Gasteiger partial charge in [0.05, 0.1) is 35.6 Å². The number of methoxy groups -OCH3 is 1. The normalized spacial score (nSPS) is 31.2. The van der Waals surface area contributed by atoms with E-state index in [1.165, 1.54) is 18.2 Å². The van der Waals surface area contributed by atoms with Gasteiger partial charge in [-0.1, -0.05) is 32.4 Å². The standard InChI is InChI=1S/C35H46N6O9S/c1-5-21-14-20(2)8-6-7-9-22-17-35(22,32(44)40-51(47,48)34(3)12-13-34)39-30(42)27-16-24(19-41(27)31(43)29(21)38-33(45)46)50-28-18-36-25-11-10-23(49-4)15-26(25)37-28/h7,9-11,15,18,20-22,24,27,29,38H,5-6,8,12-14,16-17,19H2,1-4H3,(H,39,42)(H,40,44)(H,45,46)/b9-7-/t20-,21-,22-,24-,27+,29+,35-/m1/s1. The van der Waals surface area contributed by atoms with Crippen LogP contribution in [0.5, 0.6) is 11.6 Å². The van der Waals surface area contributed by atoms with Gasteiger partial charge in [-0.2, -0.15) is 0 Å². The maximum atomic E-state index is 14.4. The molecular formula is C35H46N6O9S. The van der Waals surface area contributed by atoms with Crippen LogP contribution in [0.25, 0.3) is 11.0 Å². The molecule has 1 saturated heterocycles. The lowest BCUT2D eigenvalue weighted by atomic mass is 9.85. The Morgan fingerprint density at radius 3 is 2.63 bits per heavy atom. The number of fused-ring (bicyclic) bond motifs is 3. The molecular weight excluding hydrogens is 680 g/mol. The van der Waals surface area contributed by atoms with Crippen LogP contribution in [0.4, 0.5) is 4.79 Å². The van der Waals surface area contributed by atoms with Crippen molar-refractivity contribution < 1.29 is 42.2 Å². The van der Waals surface area contributed by atoms with Gasteiger partial charge in [-0.3, -0.25) is 19.1 Å². The highest BCUT2D eigenvalue weighted by molar-refractivity contribution is 7.91. The van der Waals surface area contributed by atoms with E-state index in [9.17, 15) is 32.7 Å². The number of sulfonamides is 1. The SMILES string of the molecule is CC[C@@H]1C[C@H](C)CC/C=C\[C@@H]2C[C@@]2(C(=O)NS(=O)(=O)C2(C)CC2)NC(=O)[C@@H]2C[C@@H](Oc3cnc4ccc(OC)cc4n3)CN2C(=O)[C@H]1NC(=O)O. The second kappa shape index (κ2) is 13.9. The Bertz CT molecular complexity index is 1850. The van der Waals surface area contributed by atoms with E-state index in [0.29, 0.717) is 48.9 Å². The highest BCUT2D eigenvalue weighted by atomic mass is 32.2. The zero-order chi connectivity index (χ0) is 36.7. The monoisotopic (exact) mass is 726 g/mol. The molecule has 6 rings (SSSR count). The van der Waals surface area contributed by atoms with Crippen molar-refractivity contribution in [2.75, 3.05) is 13.7 Å². The Morgan fingerprint density at radius 2 is 1.94 bits per heavy atom. The number of allylic oxidation sites excluding steroid dienone is 1. The molecule has 16 heteroatoms. The summed E-state index contributed by atoms with van der Waals surface area (Å²) >= 11 is 0. The molecule has 3 heterocycles. The molecule has 1 aromatic heterocycles. The van der Waals surface area contributed by atoms with Gasteiger partial charge in [0.15, 0.2) is 0 Å². The van der Waals surface area contributed by atoms with Gasteiger partial charge in [-0.05, 0) is 69.4 Å². The van der Waals surface area contributed by atoms with Crippen LogP contribution in [-0.2, 0) is 24.4 Å². The van der Waals surface area contributed by atoms with Crippen molar-refractivity contribution >= 4 is 44.9 Å². The minimum atomic E-state index is -4.00. The molecule has 15 nitrogen and oxygen atoms in total. The number of carbonyl (C=O) groups is 4. The minimum absolute atomic E-state index is 0.00301. The molecule has 2 aromatic rings. The van der Waals surface area contributed by atoms with Crippen LogP contribution in [0.1, 0.15) is 72.1 Å². The third-order valence-corrected chi connectivity index (χ3v) is 13.1. The predicted octanol–water partition coefficient (Wildman–Crippen LogP) is 2.90. The van der Waals surface area contributed by atoms with Crippen molar-refractivity contribution in [1.82, 2.24) is 30.2 Å². The largest absolute Gasteiger partial charge is 0.497 e. The zero-order valence-corrected chi connectivity index (χ0v) is 30.1. The first-order valence-electron chi connectivity index (χ1n) is 17.5. The van der Waals surface area contributed by atoms with E-state index >= 15 is 0 Å². The van der Waals surface area contributed by atoms with Gasteiger partial charge in [0.2, 0.25) is 27.7 Å². The predicted molar refractivity (Wildman–Crippen MR) is 185 cm³/mol. The van der Waals surface area contributed by atoms with E-state index in [0.717, 1.165) is 6.42 Å². The fourth-order valence-corrected chi connectivity index (χ4v) is 8.59. The first kappa shape index (κ1) is 36.3. The fourth-order valence-electron chi connectivity index (χ4n) is 7.28. The Kier molecular flexibility index (Phi) is 9.92. The minimum Gasteiger partial charge on any atom is -0.497 e. The quantitative estimate of drug-likeness (QED) is 0.291.